The zero-order chi connectivity index (χ0) is 11.7. The highest BCUT2D eigenvalue weighted by Gasteiger charge is 2.31. The summed E-state index contributed by atoms with van der Waals surface area (Å²) in [6.07, 6.45) is 9.17. The Morgan fingerprint density at radius 1 is 1.29 bits per heavy atom. The Bertz CT molecular complexity index is 526. The third-order valence-electron chi connectivity index (χ3n) is 3.38. The van der Waals surface area contributed by atoms with E-state index in [-0.39, 0.29) is 5.54 Å². The maximum atomic E-state index is 4.39. The van der Waals surface area contributed by atoms with Crippen molar-refractivity contribution in [2.24, 2.45) is 0 Å². The van der Waals surface area contributed by atoms with Gasteiger partial charge in [0.2, 0.25) is 0 Å². The summed E-state index contributed by atoms with van der Waals surface area (Å²) < 4.78 is 0. The molecule has 17 heavy (non-hydrogen) atoms. The summed E-state index contributed by atoms with van der Waals surface area (Å²) in [5.41, 5.74) is 2.26. The summed E-state index contributed by atoms with van der Waals surface area (Å²) in [7, 11) is 0. The molecule has 0 amide bonds. The van der Waals surface area contributed by atoms with Crippen LogP contribution in [0.2, 0.25) is 0 Å². The van der Waals surface area contributed by atoms with E-state index in [1.54, 1.807) is 6.33 Å². The minimum absolute atomic E-state index is 0.122. The molecule has 0 radical (unpaired) electrons. The number of hydrogen-bond acceptors (Lipinski definition) is 4. The molecule has 1 atom stereocenters. The fraction of sp³-hybridized carbons (Fsp3) is 0.308. The quantitative estimate of drug-likeness (QED) is 0.809. The summed E-state index contributed by atoms with van der Waals surface area (Å²) in [5, 5.41) is 3.50. The topological polar surface area (TPSA) is 50.7 Å². The largest absolute Gasteiger partial charge is 0.360 e. The van der Waals surface area contributed by atoms with Crippen LogP contribution in [0.5, 0.6) is 0 Å². The van der Waals surface area contributed by atoms with Crippen LogP contribution in [0.25, 0.3) is 0 Å². The Morgan fingerprint density at radius 3 is 2.94 bits per heavy atom. The average Bonchev–Trinajstić information content (AvgIpc) is 2.40. The van der Waals surface area contributed by atoms with Crippen LogP contribution >= 0.6 is 0 Å². The van der Waals surface area contributed by atoms with E-state index < -0.39 is 0 Å². The first kappa shape index (κ1) is 10.2. The number of anilines is 1. The van der Waals surface area contributed by atoms with Crippen LogP contribution in [-0.2, 0) is 12.0 Å². The third kappa shape index (κ3) is 1.75. The molecular formula is C13H14N4. The molecule has 2 aromatic rings. The summed E-state index contributed by atoms with van der Waals surface area (Å²) in [6.45, 7) is 2.17. The number of hydrogen-bond donors (Lipinski definition) is 1. The first-order valence-electron chi connectivity index (χ1n) is 5.75. The van der Waals surface area contributed by atoms with Crippen LogP contribution in [0.3, 0.4) is 0 Å². The molecule has 0 saturated heterocycles. The Morgan fingerprint density at radius 2 is 2.12 bits per heavy atom. The third-order valence-corrected chi connectivity index (χ3v) is 3.38. The predicted molar refractivity (Wildman–Crippen MR) is 65.6 cm³/mol. The first-order chi connectivity index (χ1) is 8.28. The molecule has 4 nitrogen and oxygen atoms in total. The van der Waals surface area contributed by atoms with Crippen molar-refractivity contribution < 1.29 is 0 Å². The number of aromatic nitrogens is 3. The number of rotatable bonds is 1. The molecule has 0 unspecified atom stereocenters. The van der Waals surface area contributed by atoms with Gasteiger partial charge in [-0.25, -0.2) is 15.0 Å². The van der Waals surface area contributed by atoms with Crippen molar-refractivity contribution in [2.75, 3.05) is 5.32 Å². The second-order valence-corrected chi connectivity index (χ2v) is 4.60. The van der Waals surface area contributed by atoms with Gasteiger partial charge >= 0.3 is 0 Å². The van der Waals surface area contributed by atoms with Gasteiger partial charge in [0, 0.05) is 24.2 Å². The van der Waals surface area contributed by atoms with Gasteiger partial charge in [-0.05, 0) is 31.4 Å². The molecule has 86 valence electrons. The van der Waals surface area contributed by atoms with Crippen molar-refractivity contribution in [3.8, 4) is 0 Å². The van der Waals surface area contributed by atoms with Crippen molar-refractivity contribution in [3.05, 3.63) is 48.2 Å². The lowest BCUT2D eigenvalue weighted by molar-refractivity contribution is 0.473. The van der Waals surface area contributed by atoms with Crippen molar-refractivity contribution in [2.45, 2.75) is 25.3 Å². The van der Waals surface area contributed by atoms with Crippen LogP contribution in [0.1, 0.15) is 24.5 Å². The maximum Gasteiger partial charge on any atom is 0.129 e. The van der Waals surface area contributed by atoms with E-state index in [9.17, 15) is 0 Å². The van der Waals surface area contributed by atoms with Crippen LogP contribution in [0, 0.1) is 0 Å². The summed E-state index contributed by atoms with van der Waals surface area (Å²) >= 11 is 0. The molecule has 3 heterocycles. The second kappa shape index (κ2) is 3.80. The molecule has 3 rings (SSSR count). The van der Waals surface area contributed by atoms with Crippen LogP contribution in [-0.4, -0.2) is 15.0 Å². The smallest absolute Gasteiger partial charge is 0.129 e. The summed E-state index contributed by atoms with van der Waals surface area (Å²) in [6, 6.07) is 4.10. The maximum absolute atomic E-state index is 4.39. The van der Waals surface area contributed by atoms with Gasteiger partial charge in [-0.2, -0.15) is 0 Å². The second-order valence-electron chi connectivity index (χ2n) is 4.60. The molecule has 0 bridgehead atoms. The minimum atomic E-state index is -0.122. The minimum Gasteiger partial charge on any atom is -0.360 e. The van der Waals surface area contributed by atoms with Gasteiger partial charge in [-0.15, -0.1) is 0 Å². The fourth-order valence-corrected chi connectivity index (χ4v) is 2.26. The van der Waals surface area contributed by atoms with Gasteiger partial charge < -0.3 is 5.32 Å². The van der Waals surface area contributed by atoms with Gasteiger partial charge in [0.05, 0.1) is 5.54 Å². The first-order valence-corrected chi connectivity index (χ1v) is 5.75. The van der Waals surface area contributed by atoms with Crippen molar-refractivity contribution in [3.63, 3.8) is 0 Å². The van der Waals surface area contributed by atoms with Crippen molar-refractivity contribution in [1.29, 1.82) is 0 Å². The molecular weight excluding hydrogens is 212 g/mol. The van der Waals surface area contributed by atoms with E-state index in [1.165, 1.54) is 5.56 Å². The lowest BCUT2D eigenvalue weighted by Gasteiger charge is -2.36. The van der Waals surface area contributed by atoms with Crippen LogP contribution in [0.4, 0.5) is 5.82 Å². The number of nitrogens with one attached hydrogen (secondary N) is 1. The van der Waals surface area contributed by atoms with E-state index in [2.05, 4.69) is 33.3 Å². The monoisotopic (exact) mass is 226 g/mol. The van der Waals surface area contributed by atoms with Crippen molar-refractivity contribution >= 4 is 5.82 Å². The van der Waals surface area contributed by atoms with E-state index in [1.807, 2.05) is 24.7 Å². The molecule has 0 aliphatic carbocycles. The SMILES string of the molecule is C[C@]1(c2cncnc2)CCc2cccnc2N1. The Labute approximate surface area is 100 Å². The number of nitrogens with zero attached hydrogens (tertiary/aromatic N) is 3. The summed E-state index contributed by atoms with van der Waals surface area (Å²) in [4.78, 5) is 12.6. The van der Waals surface area contributed by atoms with E-state index in [0.717, 1.165) is 24.2 Å². The molecule has 0 aromatic carbocycles. The lowest BCUT2D eigenvalue weighted by atomic mass is 9.84. The molecule has 4 heteroatoms. The number of pyridine rings is 1. The molecule has 2 aromatic heterocycles. The Balaban J connectivity index is 1.98. The summed E-state index contributed by atoms with van der Waals surface area (Å²) in [5.74, 6) is 0.977. The zero-order valence-corrected chi connectivity index (χ0v) is 9.72. The molecule has 1 aliphatic rings. The van der Waals surface area contributed by atoms with E-state index in [4.69, 9.17) is 0 Å². The highest BCUT2D eigenvalue weighted by atomic mass is 15.1. The predicted octanol–water partition coefficient (Wildman–Crippen LogP) is 2.15. The molecule has 0 fully saturated rings. The van der Waals surface area contributed by atoms with Crippen LogP contribution < -0.4 is 5.32 Å². The molecule has 0 spiro atoms. The van der Waals surface area contributed by atoms with Gasteiger partial charge in [0.25, 0.3) is 0 Å². The standard InChI is InChI=1S/C13H14N4/c1-13(11-7-14-9-15-8-11)5-4-10-3-2-6-16-12(10)17-13/h2-3,6-9H,4-5H2,1H3,(H,16,17)/t13-/m1/s1. The molecule has 1 aliphatic heterocycles. The van der Waals surface area contributed by atoms with Gasteiger partial charge in [0.1, 0.15) is 12.1 Å². The van der Waals surface area contributed by atoms with Crippen molar-refractivity contribution in [1.82, 2.24) is 15.0 Å². The zero-order valence-electron chi connectivity index (χ0n) is 9.72. The number of aryl methyl sites for hydroxylation is 1. The average molecular weight is 226 g/mol. The van der Waals surface area contributed by atoms with Crippen LogP contribution in [0.15, 0.2) is 37.1 Å². The molecule has 0 saturated carbocycles. The van der Waals surface area contributed by atoms with Gasteiger partial charge in [-0.3, -0.25) is 0 Å². The Kier molecular flexibility index (Phi) is 2.28. The highest BCUT2D eigenvalue weighted by molar-refractivity contribution is 5.50. The normalized spacial score (nSPS) is 22.6. The fourth-order valence-electron chi connectivity index (χ4n) is 2.26. The highest BCUT2D eigenvalue weighted by Crippen LogP contribution is 2.35. The molecule has 1 N–H and O–H groups in total. The van der Waals surface area contributed by atoms with E-state index >= 15 is 0 Å². The van der Waals surface area contributed by atoms with E-state index in [0.29, 0.717) is 0 Å². The van der Waals surface area contributed by atoms with Gasteiger partial charge in [0.15, 0.2) is 0 Å². The van der Waals surface area contributed by atoms with Gasteiger partial charge in [-0.1, -0.05) is 6.07 Å². The Hall–Kier alpha value is -1.97. The number of fused-ring (bicyclic) bond motifs is 1. The lowest BCUT2D eigenvalue weighted by Crippen LogP contribution is -2.36.